The number of carbonyl (C=O) groups excluding carboxylic acids is 1. The maximum Gasteiger partial charge on any atom is 0.222 e. The Balaban J connectivity index is 1.83. The van der Waals surface area contributed by atoms with Crippen LogP contribution in [-0.4, -0.2) is 35.9 Å². The Kier molecular flexibility index (Phi) is 4.55. The molecule has 1 aliphatic heterocycles. The van der Waals surface area contributed by atoms with E-state index in [2.05, 4.69) is 15.2 Å². The first-order valence-corrected chi connectivity index (χ1v) is 6.61. The van der Waals surface area contributed by atoms with Crippen LogP contribution in [0.15, 0.2) is 18.3 Å². The minimum absolute atomic E-state index is 0.169. The normalized spacial score (nSPS) is 17.7. The van der Waals surface area contributed by atoms with E-state index in [0.29, 0.717) is 5.15 Å². The monoisotopic (exact) mass is 267 g/mol. The summed E-state index contributed by atoms with van der Waals surface area (Å²) in [7, 11) is 1.70. The Morgan fingerprint density at radius 3 is 2.78 bits per heavy atom. The van der Waals surface area contributed by atoms with E-state index in [0.717, 1.165) is 38.0 Å². The smallest absolute Gasteiger partial charge is 0.222 e. The van der Waals surface area contributed by atoms with Gasteiger partial charge in [-0.1, -0.05) is 17.7 Å². The molecule has 98 valence electrons. The second kappa shape index (κ2) is 6.16. The van der Waals surface area contributed by atoms with Gasteiger partial charge in [-0.15, -0.1) is 0 Å². The maximum atomic E-state index is 11.5. The van der Waals surface area contributed by atoms with Gasteiger partial charge in [-0.2, -0.15) is 0 Å². The fourth-order valence-electron chi connectivity index (χ4n) is 2.32. The number of nitrogens with zero attached hydrogens (tertiary/aromatic N) is 2. The van der Waals surface area contributed by atoms with E-state index in [1.54, 1.807) is 7.05 Å². The topological polar surface area (TPSA) is 45.2 Å². The van der Waals surface area contributed by atoms with E-state index in [9.17, 15) is 4.79 Å². The van der Waals surface area contributed by atoms with Crippen LogP contribution < -0.4 is 5.32 Å². The van der Waals surface area contributed by atoms with Gasteiger partial charge in [0.2, 0.25) is 5.91 Å². The molecule has 0 bridgehead atoms. The molecule has 1 aliphatic rings. The summed E-state index contributed by atoms with van der Waals surface area (Å²) in [6, 6.07) is 3.81. The van der Waals surface area contributed by atoms with Crippen molar-refractivity contribution >= 4 is 17.5 Å². The van der Waals surface area contributed by atoms with Crippen molar-refractivity contribution in [2.45, 2.75) is 19.4 Å². The lowest BCUT2D eigenvalue weighted by Gasteiger charge is -2.30. The van der Waals surface area contributed by atoms with Crippen molar-refractivity contribution in [2.75, 3.05) is 20.1 Å². The lowest BCUT2D eigenvalue weighted by atomic mass is 9.96. The number of pyridine rings is 1. The molecule has 1 fully saturated rings. The van der Waals surface area contributed by atoms with Crippen LogP contribution >= 0.6 is 11.6 Å². The predicted octanol–water partition coefficient (Wildman–Crippen LogP) is 1.69. The number of hydrogen-bond donors (Lipinski definition) is 1. The average molecular weight is 268 g/mol. The van der Waals surface area contributed by atoms with Crippen LogP contribution in [0.5, 0.6) is 0 Å². The average Bonchev–Trinajstić information content (AvgIpc) is 2.41. The van der Waals surface area contributed by atoms with Gasteiger partial charge in [-0.05, 0) is 37.6 Å². The second-order valence-corrected chi connectivity index (χ2v) is 5.04. The first kappa shape index (κ1) is 13.3. The summed E-state index contributed by atoms with van der Waals surface area (Å²) in [5.74, 6) is 0.345. The molecule has 1 saturated heterocycles. The van der Waals surface area contributed by atoms with E-state index >= 15 is 0 Å². The van der Waals surface area contributed by atoms with E-state index in [1.165, 1.54) is 0 Å². The van der Waals surface area contributed by atoms with Crippen LogP contribution in [0, 0.1) is 5.92 Å². The number of piperidine rings is 1. The molecule has 1 N–H and O–H groups in total. The van der Waals surface area contributed by atoms with Crippen LogP contribution in [0.1, 0.15) is 18.4 Å². The number of nitrogens with one attached hydrogen (secondary N) is 1. The quantitative estimate of drug-likeness (QED) is 0.848. The number of rotatable bonds is 3. The first-order chi connectivity index (χ1) is 8.69. The first-order valence-electron chi connectivity index (χ1n) is 6.23. The standard InChI is InChI=1S/C13H18ClN3O/c1-15-13(18)11-4-6-17(7-5-11)9-10-2-3-12(14)16-8-10/h2-3,8,11H,4-7,9H2,1H3,(H,15,18). The van der Waals surface area contributed by atoms with Crippen LogP contribution in [0.25, 0.3) is 0 Å². The van der Waals surface area contributed by atoms with Gasteiger partial charge in [-0.25, -0.2) is 4.98 Å². The third kappa shape index (κ3) is 3.43. The SMILES string of the molecule is CNC(=O)C1CCN(Cc2ccc(Cl)nc2)CC1. The molecular formula is C13H18ClN3O. The van der Waals surface area contributed by atoms with E-state index < -0.39 is 0 Å². The lowest BCUT2D eigenvalue weighted by Crippen LogP contribution is -2.39. The summed E-state index contributed by atoms with van der Waals surface area (Å²) in [5, 5.41) is 3.25. The van der Waals surface area contributed by atoms with E-state index in [4.69, 9.17) is 11.6 Å². The summed E-state index contributed by atoms with van der Waals surface area (Å²) >= 11 is 5.76. The number of aromatic nitrogens is 1. The predicted molar refractivity (Wildman–Crippen MR) is 71.3 cm³/mol. The molecule has 4 nitrogen and oxygen atoms in total. The molecule has 0 unspecified atom stereocenters. The van der Waals surface area contributed by atoms with Crippen molar-refractivity contribution < 1.29 is 4.79 Å². The molecule has 5 heteroatoms. The maximum absolute atomic E-state index is 11.5. The van der Waals surface area contributed by atoms with Crippen molar-refractivity contribution in [1.29, 1.82) is 0 Å². The van der Waals surface area contributed by atoms with Crippen molar-refractivity contribution in [2.24, 2.45) is 5.92 Å². The highest BCUT2D eigenvalue weighted by Crippen LogP contribution is 2.19. The molecule has 2 rings (SSSR count). The Labute approximate surface area is 112 Å². The summed E-state index contributed by atoms with van der Waals surface area (Å²) in [4.78, 5) is 17.9. The van der Waals surface area contributed by atoms with Crippen LogP contribution in [-0.2, 0) is 11.3 Å². The van der Waals surface area contributed by atoms with Gasteiger partial charge in [0.1, 0.15) is 5.15 Å². The molecule has 0 radical (unpaired) electrons. The van der Waals surface area contributed by atoms with E-state index in [1.807, 2.05) is 18.3 Å². The molecule has 0 saturated carbocycles. The summed E-state index contributed by atoms with van der Waals surface area (Å²) < 4.78 is 0. The molecule has 0 aromatic carbocycles. The van der Waals surface area contributed by atoms with Gasteiger partial charge in [0.15, 0.2) is 0 Å². The molecular weight excluding hydrogens is 250 g/mol. The Morgan fingerprint density at radius 2 is 2.22 bits per heavy atom. The highest BCUT2D eigenvalue weighted by atomic mass is 35.5. The zero-order chi connectivity index (χ0) is 13.0. The minimum Gasteiger partial charge on any atom is -0.359 e. The largest absolute Gasteiger partial charge is 0.359 e. The van der Waals surface area contributed by atoms with Gasteiger partial charge in [0, 0.05) is 25.7 Å². The van der Waals surface area contributed by atoms with Gasteiger partial charge in [0.25, 0.3) is 0 Å². The molecule has 0 aliphatic carbocycles. The van der Waals surface area contributed by atoms with E-state index in [-0.39, 0.29) is 11.8 Å². The fraction of sp³-hybridized carbons (Fsp3) is 0.538. The second-order valence-electron chi connectivity index (χ2n) is 4.65. The number of halogens is 1. The van der Waals surface area contributed by atoms with Gasteiger partial charge >= 0.3 is 0 Å². The summed E-state index contributed by atoms with van der Waals surface area (Å²) in [5.41, 5.74) is 1.16. The molecule has 1 amide bonds. The van der Waals surface area contributed by atoms with Crippen LogP contribution in [0.2, 0.25) is 5.15 Å². The Morgan fingerprint density at radius 1 is 1.50 bits per heavy atom. The zero-order valence-corrected chi connectivity index (χ0v) is 11.3. The third-order valence-electron chi connectivity index (χ3n) is 3.40. The Hall–Kier alpha value is -1.13. The summed E-state index contributed by atoms with van der Waals surface area (Å²) in [6.45, 7) is 2.80. The zero-order valence-electron chi connectivity index (χ0n) is 10.5. The number of hydrogen-bond acceptors (Lipinski definition) is 3. The van der Waals surface area contributed by atoms with Gasteiger partial charge in [0.05, 0.1) is 0 Å². The van der Waals surface area contributed by atoms with Crippen molar-refractivity contribution in [3.8, 4) is 0 Å². The highest BCUT2D eigenvalue weighted by molar-refractivity contribution is 6.29. The fourth-order valence-corrected chi connectivity index (χ4v) is 2.43. The van der Waals surface area contributed by atoms with Gasteiger partial charge < -0.3 is 5.32 Å². The third-order valence-corrected chi connectivity index (χ3v) is 3.62. The summed E-state index contributed by atoms with van der Waals surface area (Å²) in [6.07, 6.45) is 3.68. The highest BCUT2D eigenvalue weighted by Gasteiger charge is 2.23. The lowest BCUT2D eigenvalue weighted by molar-refractivity contribution is -0.125. The Bertz CT molecular complexity index is 399. The molecule has 18 heavy (non-hydrogen) atoms. The number of amides is 1. The minimum atomic E-state index is 0.169. The number of likely N-dealkylation sites (tertiary alicyclic amines) is 1. The molecule has 0 spiro atoms. The van der Waals surface area contributed by atoms with Crippen molar-refractivity contribution in [1.82, 2.24) is 15.2 Å². The molecule has 2 heterocycles. The van der Waals surface area contributed by atoms with Crippen LogP contribution in [0.4, 0.5) is 0 Å². The molecule has 1 aromatic heterocycles. The van der Waals surface area contributed by atoms with Crippen LogP contribution in [0.3, 0.4) is 0 Å². The van der Waals surface area contributed by atoms with Crippen molar-refractivity contribution in [3.63, 3.8) is 0 Å². The molecule has 0 atom stereocenters. The molecule has 1 aromatic rings. The van der Waals surface area contributed by atoms with Crippen molar-refractivity contribution in [3.05, 3.63) is 29.0 Å². The van der Waals surface area contributed by atoms with Gasteiger partial charge in [-0.3, -0.25) is 9.69 Å². The number of carbonyl (C=O) groups is 1.